The van der Waals surface area contributed by atoms with Crippen LogP contribution in [0.2, 0.25) is 0 Å². The SMILES string of the molecule is N#CC1=C(Cl)NP(=O)(Cl)N=C1. The monoisotopic (exact) mass is 209 g/mol. The first kappa shape index (κ1) is 8.61. The van der Waals surface area contributed by atoms with E-state index in [0.717, 1.165) is 6.21 Å². The number of rotatable bonds is 0. The Morgan fingerprint density at radius 3 is 2.91 bits per heavy atom. The summed E-state index contributed by atoms with van der Waals surface area (Å²) < 4.78 is 14.3. The van der Waals surface area contributed by atoms with Crippen molar-refractivity contribution in [2.45, 2.75) is 0 Å². The maximum atomic E-state index is 10.9. The molecule has 1 aliphatic rings. The van der Waals surface area contributed by atoms with Crippen molar-refractivity contribution in [2.24, 2.45) is 4.76 Å². The molecule has 0 amide bonds. The van der Waals surface area contributed by atoms with Crippen LogP contribution < -0.4 is 5.09 Å². The Kier molecular flexibility index (Phi) is 2.24. The number of hydrogen-bond acceptors (Lipinski definition) is 2. The van der Waals surface area contributed by atoms with Gasteiger partial charge in [-0.2, -0.15) is 5.26 Å². The fraction of sp³-hybridized carbons (Fsp3) is 0. The van der Waals surface area contributed by atoms with Gasteiger partial charge < -0.3 is 0 Å². The number of nitrogens with one attached hydrogen (secondary N) is 1. The highest BCUT2D eigenvalue weighted by molar-refractivity contribution is 7.86. The van der Waals surface area contributed by atoms with Crippen LogP contribution in [0.15, 0.2) is 15.5 Å². The second kappa shape index (κ2) is 2.86. The van der Waals surface area contributed by atoms with E-state index in [1.165, 1.54) is 0 Å². The van der Waals surface area contributed by atoms with Gasteiger partial charge in [0.05, 0.1) is 6.21 Å². The molecule has 0 fully saturated rings. The lowest BCUT2D eigenvalue weighted by Crippen LogP contribution is -2.08. The van der Waals surface area contributed by atoms with E-state index in [1.54, 1.807) is 6.07 Å². The first-order valence-electron chi connectivity index (χ1n) is 2.48. The smallest absolute Gasteiger partial charge is 0.296 e. The van der Waals surface area contributed by atoms with Crippen LogP contribution in [0.3, 0.4) is 0 Å². The van der Waals surface area contributed by atoms with Gasteiger partial charge in [-0.15, -0.1) is 0 Å². The predicted octanol–water partition coefficient (Wildman–Crippen LogP) is 1.98. The third-order valence-electron chi connectivity index (χ3n) is 0.928. The van der Waals surface area contributed by atoms with Crippen molar-refractivity contribution in [1.29, 1.82) is 5.26 Å². The van der Waals surface area contributed by atoms with Gasteiger partial charge in [0.2, 0.25) is 0 Å². The molecule has 0 aromatic rings. The number of halogens is 2. The molecule has 4 nitrogen and oxygen atoms in total. The fourth-order valence-electron chi connectivity index (χ4n) is 0.477. The van der Waals surface area contributed by atoms with Crippen molar-refractivity contribution in [3.63, 3.8) is 0 Å². The minimum Gasteiger partial charge on any atom is -0.296 e. The zero-order valence-corrected chi connectivity index (χ0v) is 7.49. The van der Waals surface area contributed by atoms with Gasteiger partial charge in [0.15, 0.2) is 0 Å². The molecule has 1 atom stereocenters. The van der Waals surface area contributed by atoms with Crippen molar-refractivity contribution < 1.29 is 4.57 Å². The van der Waals surface area contributed by atoms with E-state index in [4.69, 9.17) is 28.1 Å². The van der Waals surface area contributed by atoms with Crippen LogP contribution in [-0.2, 0) is 4.57 Å². The van der Waals surface area contributed by atoms with E-state index in [1.807, 2.05) is 0 Å². The third kappa shape index (κ3) is 1.97. The molecule has 0 aromatic heterocycles. The van der Waals surface area contributed by atoms with Gasteiger partial charge in [0.25, 0.3) is 0 Å². The van der Waals surface area contributed by atoms with E-state index in [0.29, 0.717) is 0 Å². The molecule has 7 heteroatoms. The molecule has 1 rings (SSSR count). The third-order valence-corrected chi connectivity index (χ3v) is 2.79. The molecule has 1 unspecified atom stereocenters. The molecule has 0 saturated heterocycles. The van der Waals surface area contributed by atoms with Gasteiger partial charge in [-0.3, -0.25) is 9.65 Å². The molecule has 1 aliphatic heterocycles. The summed E-state index contributed by atoms with van der Waals surface area (Å²) in [6.45, 7) is -3.24. The highest BCUT2D eigenvalue weighted by Crippen LogP contribution is 2.51. The van der Waals surface area contributed by atoms with E-state index in [9.17, 15) is 4.57 Å². The van der Waals surface area contributed by atoms with Gasteiger partial charge in [0, 0.05) is 0 Å². The molecule has 1 heterocycles. The minimum absolute atomic E-state index is 0.0270. The fourth-order valence-corrected chi connectivity index (χ4v) is 2.11. The lowest BCUT2D eigenvalue weighted by atomic mass is 10.3. The Hall–Kier alpha value is -0.490. The summed E-state index contributed by atoms with van der Waals surface area (Å²) in [5.74, 6) is 0. The van der Waals surface area contributed by atoms with Gasteiger partial charge in [-0.1, -0.05) is 11.6 Å². The van der Waals surface area contributed by atoms with Crippen LogP contribution in [0.1, 0.15) is 0 Å². The van der Waals surface area contributed by atoms with Gasteiger partial charge in [0.1, 0.15) is 16.8 Å². The first-order chi connectivity index (χ1) is 5.05. The first-order valence-corrected chi connectivity index (χ1v) is 5.43. The van der Waals surface area contributed by atoms with E-state index in [2.05, 4.69) is 9.85 Å². The maximum Gasteiger partial charge on any atom is 0.369 e. The molecule has 0 bridgehead atoms. The van der Waals surface area contributed by atoms with E-state index < -0.39 is 6.80 Å². The maximum absolute atomic E-state index is 10.9. The van der Waals surface area contributed by atoms with Gasteiger partial charge in [-0.05, 0) is 11.2 Å². The molecule has 0 spiro atoms. The lowest BCUT2D eigenvalue weighted by Gasteiger charge is -2.11. The van der Waals surface area contributed by atoms with Crippen LogP contribution in [0.4, 0.5) is 0 Å². The minimum atomic E-state index is -3.24. The van der Waals surface area contributed by atoms with Crippen LogP contribution in [0.5, 0.6) is 0 Å². The summed E-state index contributed by atoms with van der Waals surface area (Å²) in [4.78, 5) is 0. The highest BCUT2D eigenvalue weighted by atomic mass is 35.7. The standard InChI is InChI=1S/C4H2Cl2N3OP/c5-4-3(1-7)2-8-11(6,10)9-4/h2H,(H,8,9,10). The summed E-state index contributed by atoms with van der Waals surface area (Å²) in [7, 11) is 0. The average molecular weight is 210 g/mol. The Morgan fingerprint density at radius 2 is 2.45 bits per heavy atom. The Bertz CT molecular complexity index is 329. The Labute approximate surface area is 72.8 Å². The summed E-state index contributed by atoms with van der Waals surface area (Å²) in [5, 5.41) is 10.6. The summed E-state index contributed by atoms with van der Waals surface area (Å²) in [6, 6.07) is 1.75. The second-order valence-corrected chi connectivity index (χ2v) is 4.91. The van der Waals surface area contributed by atoms with Crippen LogP contribution in [0, 0.1) is 11.3 Å². The molecular weight excluding hydrogens is 208 g/mol. The van der Waals surface area contributed by atoms with Gasteiger partial charge in [-0.25, -0.2) is 4.76 Å². The lowest BCUT2D eigenvalue weighted by molar-refractivity contribution is 0.581. The number of nitriles is 1. The predicted molar refractivity (Wildman–Crippen MR) is 43.6 cm³/mol. The molecule has 0 saturated carbocycles. The Morgan fingerprint density at radius 1 is 1.82 bits per heavy atom. The number of hydrogen-bond donors (Lipinski definition) is 1. The summed E-state index contributed by atoms with van der Waals surface area (Å²) in [5.41, 5.74) is 0.124. The molecule has 1 N–H and O–H groups in total. The van der Waals surface area contributed by atoms with Crippen molar-refractivity contribution in [1.82, 2.24) is 5.09 Å². The van der Waals surface area contributed by atoms with Crippen molar-refractivity contribution in [3.05, 3.63) is 10.7 Å². The summed E-state index contributed by atoms with van der Waals surface area (Å²) >= 11 is 10.8. The van der Waals surface area contributed by atoms with Gasteiger partial charge >= 0.3 is 6.80 Å². The van der Waals surface area contributed by atoms with Crippen LogP contribution >= 0.6 is 29.6 Å². The van der Waals surface area contributed by atoms with E-state index in [-0.39, 0.29) is 10.7 Å². The molecule has 0 aliphatic carbocycles. The second-order valence-electron chi connectivity index (χ2n) is 1.70. The van der Waals surface area contributed by atoms with Crippen molar-refractivity contribution in [3.8, 4) is 6.07 Å². The molecule has 0 radical (unpaired) electrons. The quantitative estimate of drug-likeness (QED) is 0.490. The summed E-state index contributed by atoms with van der Waals surface area (Å²) in [6.07, 6.45) is 1.09. The normalized spacial score (nSPS) is 29.5. The molecule has 58 valence electrons. The van der Waals surface area contributed by atoms with Crippen molar-refractivity contribution >= 4 is 35.9 Å². The zero-order valence-electron chi connectivity index (χ0n) is 5.08. The number of nitrogens with zero attached hydrogens (tertiary/aromatic N) is 2. The van der Waals surface area contributed by atoms with Crippen LogP contribution in [0.25, 0.3) is 0 Å². The molecule has 11 heavy (non-hydrogen) atoms. The molecule has 0 aromatic carbocycles. The Balaban J connectivity index is 3.03. The average Bonchev–Trinajstić information content (AvgIpc) is 1.86. The number of allylic oxidation sites excluding steroid dienone is 1. The van der Waals surface area contributed by atoms with Crippen LogP contribution in [-0.4, -0.2) is 6.21 Å². The largest absolute Gasteiger partial charge is 0.369 e. The van der Waals surface area contributed by atoms with E-state index >= 15 is 0 Å². The van der Waals surface area contributed by atoms with Crippen molar-refractivity contribution in [2.75, 3.05) is 0 Å². The molecular formula is C4H2Cl2N3OP. The zero-order chi connectivity index (χ0) is 8.48. The topological polar surface area (TPSA) is 65.2 Å². The highest BCUT2D eigenvalue weighted by Gasteiger charge is 2.22.